The Morgan fingerprint density at radius 1 is 1.03 bits per heavy atom. The fourth-order valence-electron chi connectivity index (χ4n) is 4.52. The highest BCUT2D eigenvalue weighted by molar-refractivity contribution is 5.75. The van der Waals surface area contributed by atoms with Crippen LogP contribution in [0.5, 0.6) is 0 Å². The number of carbonyl (C=O) groups is 1. The van der Waals surface area contributed by atoms with Crippen molar-refractivity contribution in [2.45, 2.75) is 50.4 Å². The molecule has 0 spiro atoms. The molecule has 1 heterocycles. The Kier molecular flexibility index (Phi) is 8.43. The first-order chi connectivity index (χ1) is 17.2. The fourth-order valence-corrected chi connectivity index (χ4v) is 4.52. The van der Waals surface area contributed by atoms with Crippen LogP contribution in [0.3, 0.4) is 0 Å². The minimum absolute atomic E-state index is 0.0588. The summed E-state index contributed by atoms with van der Waals surface area (Å²) in [4.78, 5) is 14.6. The number of benzene rings is 2. The van der Waals surface area contributed by atoms with Crippen LogP contribution in [0.1, 0.15) is 46.7 Å². The van der Waals surface area contributed by atoms with Crippen molar-refractivity contribution in [3.8, 4) is 0 Å². The number of amides is 2. The van der Waals surface area contributed by atoms with Gasteiger partial charge in [-0.3, -0.25) is 0 Å². The first-order valence-electron chi connectivity index (χ1n) is 11.4. The zero-order valence-corrected chi connectivity index (χ0v) is 20.4. The number of piperidine rings is 1. The van der Waals surface area contributed by atoms with Gasteiger partial charge in [-0.1, -0.05) is 6.07 Å². The van der Waals surface area contributed by atoms with E-state index >= 15 is 0 Å². The number of urea groups is 1. The predicted molar refractivity (Wildman–Crippen MR) is 120 cm³/mol. The van der Waals surface area contributed by atoms with Gasteiger partial charge in [0.1, 0.15) is 5.82 Å². The number of methoxy groups -OCH3 is 2. The second kappa shape index (κ2) is 10.9. The number of ether oxygens (including phenoxy) is 2. The zero-order chi connectivity index (χ0) is 27.6. The van der Waals surface area contributed by atoms with Crippen molar-refractivity contribution in [2.75, 3.05) is 27.3 Å². The molecule has 5 nitrogen and oxygen atoms in total. The molecule has 1 aliphatic heterocycles. The molecule has 1 fully saturated rings. The minimum atomic E-state index is -4.96. The third kappa shape index (κ3) is 6.72. The van der Waals surface area contributed by atoms with E-state index in [-0.39, 0.29) is 37.6 Å². The molecule has 1 unspecified atom stereocenters. The number of hydrogen-bond donors (Lipinski definition) is 1. The third-order valence-electron chi connectivity index (χ3n) is 6.55. The first-order valence-corrected chi connectivity index (χ1v) is 11.4. The molecule has 1 saturated heterocycles. The number of carbonyl (C=O) groups excluding carboxylic acids is 1. The van der Waals surface area contributed by atoms with Gasteiger partial charge in [0.05, 0.1) is 17.2 Å². The Balaban J connectivity index is 1.79. The molecule has 0 saturated carbocycles. The number of likely N-dealkylation sites (tertiary alicyclic amines) is 1. The number of rotatable bonds is 6. The van der Waals surface area contributed by atoms with Crippen LogP contribution in [0.2, 0.25) is 0 Å². The Morgan fingerprint density at radius 3 is 2.14 bits per heavy atom. The number of aryl methyl sites for hydroxylation is 1. The van der Waals surface area contributed by atoms with Crippen molar-refractivity contribution in [1.29, 1.82) is 0 Å². The van der Waals surface area contributed by atoms with Crippen LogP contribution in [0.25, 0.3) is 0 Å². The van der Waals surface area contributed by atoms with Crippen molar-refractivity contribution in [1.82, 2.24) is 10.2 Å². The van der Waals surface area contributed by atoms with Crippen molar-refractivity contribution in [2.24, 2.45) is 0 Å². The molecule has 1 aliphatic rings. The highest BCUT2D eigenvalue weighted by Gasteiger charge is 2.43. The zero-order valence-electron chi connectivity index (χ0n) is 20.4. The summed E-state index contributed by atoms with van der Waals surface area (Å²) in [7, 11) is 2.94. The van der Waals surface area contributed by atoms with E-state index in [0.717, 1.165) is 0 Å². The maximum atomic E-state index is 13.7. The Labute approximate surface area is 209 Å². The lowest BCUT2D eigenvalue weighted by molar-refractivity contribution is -0.235. The molecular formula is C25H27F7N2O3. The molecule has 12 heteroatoms. The van der Waals surface area contributed by atoms with E-state index in [9.17, 15) is 35.5 Å². The van der Waals surface area contributed by atoms with Crippen LogP contribution in [-0.4, -0.2) is 44.0 Å². The molecule has 0 aromatic heterocycles. The van der Waals surface area contributed by atoms with E-state index in [0.29, 0.717) is 29.7 Å². The summed E-state index contributed by atoms with van der Waals surface area (Å²) in [6, 6.07) is 4.32. The van der Waals surface area contributed by atoms with Gasteiger partial charge in [-0.05, 0) is 60.4 Å². The molecule has 1 atom stereocenters. The fraction of sp³-hybridized carbons (Fsp3) is 0.480. The molecule has 1 N–H and O–H groups in total. The van der Waals surface area contributed by atoms with E-state index < -0.39 is 47.2 Å². The standard InChI is InChI=1S/C25H27F7N2O3/c1-15-10-19(26)4-5-20(15)21-14-23(36-2,37-3)7-9-34(21)22(35)33-8-6-16-11-17(24(27,28)29)13-18(12-16)25(30,31)32/h4-5,10-13,21H,6-9,14H2,1-3H3,(H,33,35). The lowest BCUT2D eigenvalue weighted by atomic mass is 9.88. The molecule has 0 bridgehead atoms. The maximum absolute atomic E-state index is 13.7. The predicted octanol–water partition coefficient (Wildman–Crippen LogP) is 6.25. The van der Waals surface area contributed by atoms with Gasteiger partial charge in [0.15, 0.2) is 5.79 Å². The summed E-state index contributed by atoms with van der Waals surface area (Å²) in [6.45, 7) is 1.66. The Hall–Kier alpha value is -2.86. The summed E-state index contributed by atoms with van der Waals surface area (Å²) >= 11 is 0. The molecule has 37 heavy (non-hydrogen) atoms. The highest BCUT2D eigenvalue weighted by Crippen LogP contribution is 2.40. The second-order valence-electron chi connectivity index (χ2n) is 8.88. The van der Waals surface area contributed by atoms with Crippen molar-refractivity contribution in [3.63, 3.8) is 0 Å². The number of nitrogens with one attached hydrogen (secondary N) is 1. The van der Waals surface area contributed by atoms with Gasteiger partial charge in [0.2, 0.25) is 0 Å². The van der Waals surface area contributed by atoms with Gasteiger partial charge in [-0.15, -0.1) is 0 Å². The average molecular weight is 536 g/mol. The molecule has 2 aromatic rings. The molecule has 2 amide bonds. The van der Waals surface area contributed by atoms with Crippen LogP contribution < -0.4 is 5.32 Å². The molecular weight excluding hydrogens is 509 g/mol. The van der Waals surface area contributed by atoms with Crippen LogP contribution in [0, 0.1) is 12.7 Å². The molecule has 2 aromatic carbocycles. The van der Waals surface area contributed by atoms with Gasteiger partial charge >= 0.3 is 18.4 Å². The monoisotopic (exact) mass is 536 g/mol. The van der Waals surface area contributed by atoms with Crippen LogP contribution >= 0.6 is 0 Å². The van der Waals surface area contributed by atoms with Crippen LogP contribution in [0.15, 0.2) is 36.4 Å². The van der Waals surface area contributed by atoms with Gasteiger partial charge in [0, 0.05) is 40.2 Å². The van der Waals surface area contributed by atoms with E-state index in [1.54, 1.807) is 13.0 Å². The number of nitrogens with zero attached hydrogens (tertiary/aromatic N) is 1. The van der Waals surface area contributed by atoms with Crippen molar-refractivity contribution < 1.29 is 45.0 Å². The van der Waals surface area contributed by atoms with Gasteiger partial charge in [0.25, 0.3) is 0 Å². The van der Waals surface area contributed by atoms with E-state index in [2.05, 4.69) is 5.32 Å². The summed E-state index contributed by atoms with van der Waals surface area (Å²) in [6.07, 6.45) is -9.63. The maximum Gasteiger partial charge on any atom is 0.416 e. The lowest BCUT2D eigenvalue weighted by Crippen LogP contribution is -2.53. The Morgan fingerprint density at radius 2 is 1.62 bits per heavy atom. The quantitative estimate of drug-likeness (QED) is 0.351. The largest absolute Gasteiger partial charge is 0.416 e. The summed E-state index contributed by atoms with van der Waals surface area (Å²) in [5, 5.41) is 2.58. The second-order valence-corrected chi connectivity index (χ2v) is 8.88. The van der Waals surface area contributed by atoms with Gasteiger partial charge in [-0.25, -0.2) is 9.18 Å². The van der Waals surface area contributed by atoms with Crippen LogP contribution in [0.4, 0.5) is 35.5 Å². The summed E-state index contributed by atoms with van der Waals surface area (Å²) < 4.78 is 104. The van der Waals surface area contributed by atoms with Gasteiger partial charge in [-0.2, -0.15) is 26.3 Å². The SMILES string of the molecule is COC1(OC)CCN(C(=O)NCCc2cc(C(F)(F)F)cc(C(F)(F)F)c2)C(c2ccc(F)cc2C)C1. The molecule has 204 valence electrons. The normalized spacial score (nSPS) is 18.1. The number of halogens is 7. The van der Waals surface area contributed by atoms with Crippen molar-refractivity contribution >= 4 is 6.03 Å². The summed E-state index contributed by atoms with van der Waals surface area (Å²) in [5.74, 6) is -1.44. The summed E-state index contributed by atoms with van der Waals surface area (Å²) in [5.41, 5.74) is -1.80. The van der Waals surface area contributed by atoms with Crippen LogP contribution in [-0.2, 0) is 28.2 Å². The van der Waals surface area contributed by atoms with E-state index in [4.69, 9.17) is 9.47 Å². The first kappa shape index (κ1) is 28.7. The molecule has 0 radical (unpaired) electrons. The smallest absolute Gasteiger partial charge is 0.353 e. The lowest BCUT2D eigenvalue weighted by Gasteiger charge is -2.45. The Bertz CT molecular complexity index is 1080. The number of alkyl halides is 6. The average Bonchev–Trinajstić information content (AvgIpc) is 2.82. The highest BCUT2D eigenvalue weighted by atomic mass is 19.4. The van der Waals surface area contributed by atoms with E-state index in [1.165, 1.54) is 31.3 Å². The number of hydrogen-bond acceptors (Lipinski definition) is 3. The third-order valence-corrected chi connectivity index (χ3v) is 6.55. The van der Waals surface area contributed by atoms with Gasteiger partial charge < -0.3 is 19.7 Å². The minimum Gasteiger partial charge on any atom is -0.353 e. The van der Waals surface area contributed by atoms with E-state index in [1.807, 2.05) is 0 Å². The van der Waals surface area contributed by atoms with Crippen molar-refractivity contribution in [3.05, 3.63) is 70.0 Å². The molecule has 3 rings (SSSR count). The molecule has 0 aliphatic carbocycles. The topological polar surface area (TPSA) is 50.8 Å².